The number of methoxy groups -OCH3 is 1. The Labute approximate surface area is 222 Å². The molecule has 0 unspecified atom stereocenters. The number of esters is 1. The first-order chi connectivity index (χ1) is 18.3. The number of aromatic nitrogens is 1. The van der Waals surface area contributed by atoms with Crippen molar-refractivity contribution >= 4 is 58.0 Å². The zero-order chi connectivity index (χ0) is 27.0. The Morgan fingerprint density at radius 2 is 1.92 bits per heavy atom. The number of rotatable bonds is 6. The lowest BCUT2D eigenvalue weighted by Gasteiger charge is -2.34. The minimum Gasteiger partial charge on any atom is -0.465 e. The van der Waals surface area contributed by atoms with Crippen LogP contribution in [0.2, 0.25) is 5.02 Å². The lowest BCUT2D eigenvalue weighted by atomic mass is 9.84. The maximum absolute atomic E-state index is 14.2. The molecule has 5 rings (SSSR count). The second-order valence-corrected chi connectivity index (χ2v) is 9.57. The number of benzene rings is 1. The number of cyclic esters (lactones) is 1. The van der Waals surface area contributed by atoms with Crippen molar-refractivity contribution in [1.29, 1.82) is 0 Å². The first-order valence-electron chi connectivity index (χ1n) is 12.1. The van der Waals surface area contributed by atoms with Gasteiger partial charge in [-0.3, -0.25) is 14.5 Å². The highest BCUT2D eigenvalue weighted by Gasteiger charge is 2.39. The molecule has 11 nitrogen and oxygen atoms in total. The van der Waals surface area contributed by atoms with Gasteiger partial charge >= 0.3 is 12.1 Å². The summed E-state index contributed by atoms with van der Waals surface area (Å²) < 4.78 is 15.8. The van der Waals surface area contributed by atoms with Gasteiger partial charge in [0, 0.05) is 18.2 Å². The number of fused-ring (bicyclic) bond motifs is 1. The molecule has 2 aliphatic rings. The van der Waals surface area contributed by atoms with Crippen molar-refractivity contribution in [3.63, 3.8) is 0 Å². The molecule has 1 saturated heterocycles. The van der Waals surface area contributed by atoms with Crippen LogP contribution in [0.15, 0.2) is 40.9 Å². The minimum absolute atomic E-state index is 0.0126. The van der Waals surface area contributed by atoms with E-state index in [-0.39, 0.29) is 51.8 Å². The van der Waals surface area contributed by atoms with E-state index in [0.717, 1.165) is 0 Å². The van der Waals surface area contributed by atoms with Crippen LogP contribution in [0.25, 0.3) is 11.0 Å². The van der Waals surface area contributed by atoms with E-state index in [0.29, 0.717) is 43.9 Å². The quantitative estimate of drug-likeness (QED) is 0.461. The summed E-state index contributed by atoms with van der Waals surface area (Å²) in [6.07, 6.45) is 3.23. The molecule has 2 N–H and O–H groups in total. The number of halogens is 1. The number of ether oxygens (including phenoxy) is 2. The minimum atomic E-state index is -0.921. The maximum atomic E-state index is 14.2. The van der Waals surface area contributed by atoms with Gasteiger partial charge in [-0.05, 0) is 49.9 Å². The largest absolute Gasteiger partial charge is 0.465 e. The van der Waals surface area contributed by atoms with E-state index < -0.39 is 17.8 Å². The van der Waals surface area contributed by atoms with Crippen LogP contribution in [0.1, 0.15) is 46.6 Å². The van der Waals surface area contributed by atoms with Crippen molar-refractivity contribution in [2.75, 3.05) is 25.2 Å². The molecular weight excluding hydrogens is 516 g/mol. The molecule has 3 amide bonds. The first kappa shape index (κ1) is 25.5. The highest BCUT2D eigenvalue weighted by molar-refractivity contribution is 6.30. The highest BCUT2D eigenvalue weighted by atomic mass is 35.5. The van der Waals surface area contributed by atoms with Gasteiger partial charge in [-0.15, -0.1) is 0 Å². The van der Waals surface area contributed by atoms with Crippen molar-refractivity contribution < 1.29 is 33.1 Å². The number of nitrogens with zero attached hydrogens (tertiary/aromatic N) is 3. The van der Waals surface area contributed by atoms with Gasteiger partial charge in [-0.2, -0.15) is 0 Å². The smallest absolute Gasteiger partial charge is 0.410 e. The standard InChI is InChI=1S/C26H25ClN4O7/c1-36-25(34)17-3-2-4-18-20(17)21(22(38-18)23(28)32)31(19-10-7-15(27)13-29-19)24(33)14-5-8-16(9-6-14)30-11-12-37-26(30)35/h2-4,7,10,13-14,16H,5-6,8-9,11-12H2,1H3,(H2,28,32). The number of primary amides is 1. The van der Waals surface area contributed by atoms with Crippen molar-refractivity contribution in [2.24, 2.45) is 11.7 Å². The van der Waals surface area contributed by atoms with Crippen LogP contribution in [0.4, 0.5) is 16.3 Å². The van der Waals surface area contributed by atoms with E-state index in [1.807, 2.05) is 0 Å². The molecule has 38 heavy (non-hydrogen) atoms. The van der Waals surface area contributed by atoms with Gasteiger partial charge in [0.1, 0.15) is 23.7 Å². The zero-order valence-electron chi connectivity index (χ0n) is 20.5. The fraction of sp³-hybridized carbons (Fsp3) is 0.346. The van der Waals surface area contributed by atoms with Crippen LogP contribution in [0.3, 0.4) is 0 Å². The van der Waals surface area contributed by atoms with Gasteiger partial charge in [0.25, 0.3) is 5.91 Å². The fourth-order valence-electron chi connectivity index (χ4n) is 5.18. The topological polar surface area (TPSA) is 145 Å². The zero-order valence-corrected chi connectivity index (χ0v) is 21.3. The van der Waals surface area contributed by atoms with Crippen molar-refractivity contribution in [3.8, 4) is 0 Å². The Morgan fingerprint density at radius 1 is 1.16 bits per heavy atom. The first-order valence-corrected chi connectivity index (χ1v) is 12.5. The fourth-order valence-corrected chi connectivity index (χ4v) is 5.30. The molecule has 0 spiro atoms. The molecule has 1 aliphatic heterocycles. The molecule has 3 aromatic rings. The number of anilines is 2. The van der Waals surface area contributed by atoms with Crippen LogP contribution < -0.4 is 10.6 Å². The number of hydrogen-bond acceptors (Lipinski definition) is 8. The van der Waals surface area contributed by atoms with E-state index >= 15 is 0 Å². The molecule has 1 aromatic carbocycles. The highest BCUT2D eigenvalue weighted by Crippen LogP contribution is 2.42. The summed E-state index contributed by atoms with van der Waals surface area (Å²) in [7, 11) is 1.23. The Balaban J connectivity index is 1.59. The Bertz CT molecular complexity index is 1410. The summed E-state index contributed by atoms with van der Waals surface area (Å²) in [5.74, 6) is -2.53. The summed E-state index contributed by atoms with van der Waals surface area (Å²) in [5.41, 5.74) is 5.97. The van der Waals surface area contributed by atoms with Gasteiger partial charge < -0.3 is 24.5 Å². The summed E-state index contributed by atoms with van der Waals surface area (Å²) in [6, 6.07) is 7.73. The molecule has 2 fully saturated rings. The SMILES string of the molecule is COC(=O)c1cccc2oc(C(N)=O)c(N(C(=O)C3CCC(N4CCOC4=O)CC3)c3ccc(Cl)cn3)c12. The van der Waals surface area contributed by atoms with E-state index in [9.17, 15) is 19.2 Å². The maximum Gasteiger partial charge on any atom is 0.410 e. The van der Waals surface area contributed by atoms with Crippen LogP contribution in [0, 0.1) is 5.92 Å². The average Bonchev–Trinajstić information content (AvgIpc) is 3.53. The Kier molecular flexibility index (Phi) is 6.94. The molecule has 1 aliphatic carbocycles. The number of pyridine rings is 1. The van der Waals surface area contributed by atoms with E-state index in [4.69, 9.17) is 31.2 Å². The van der Waals surface area contributed by atoms with E-state index in [1.165, 1.54) is 30.3 Å². The summed E-state index contributed by atoms with van der Waals surface area (Å²) >= 11 is 6.06. The summed E-state index contributed by atoms with van der Waals surface area (Å²) in [5, 5.41) is 0.549. The third-order valence-electron chi connectivity index (χ3n) is 6.98. The number of furan rings is 1. The number of carbonyl (C=O) groups is 4. The molecule has 0 atom stereocenters. The molecular formula is C26H25ClN4O7. The van der Waals surface area contributed by atoms with Crippen LogP contribution in [-0.4, -0.2) is 60.1 Å². The molecule has 0 radical (unpaired) electrons. The monoisotopic (exact) mass is 540 g/mol. The predicted molar refractivity (Wildman–Crippen MR) is 136 cm³/mol. The van der Waals surface area contributed by atoms with Gasteiger partial charge in [-0.25, -0.2) is 14.6 Å². The second-order valence-electron chi connectivity index (χ2n) is 9.14. The number of nitrogens with two attached hydrogens (primary N) is 1. The third kappa shape index (κ3) is 4.53. The van der Waals surface area contributed by atoms with E-state index in [1.54, 1.807) is 23.1 Å². The lowest BCUT2D eigenvalue weighted by Crippen LogP contribution is -2.42. The Morgan fingerprint density at radius 3 is 2.53 bits per heavy atom. The van der Waals surface area contributed by atoms with Gasteiger partial charge in [-0.1, -0.05) is 17.7 Å². The number of carbonyl (C=O) groups excluding carboxylic acids is 4. The molecule has 2 aromatic heterocycles. The summed E-state index contributed by atoms with van der Waals surface area (Å²) in [6.45, 7) is 0.891. The Hall–Kier alpha value is -4.12. The number of hydrogen-bond donors (Lipinski definition) is 1. The molecule has 1 saturated carbocycles. The lowest BCUT2D eigenvalue weighted by molar-refractivity contribution is -0.122. The summed E-state index contributed by atoms with van der Waals surface area (Å²) in [4.78, 5) is 58.7. The predicted octanol–water partition coefficient (Wildman–Crippen LogP) is 4.04. The van der Waals surface area contributed by atoms with E-state index in [2.05, 4.69) is 4.98 Å². The van der Waals surface area contributed by atoms with Crippen LogP contribution in [0.5, 0.6) is 0 Å². The third-order valence-corrected chi connectivity index (χ3v) is 7.21. The van der Waals surface area contributed by atoms with Crippen LogP contribution >= 0.6 is 11.6 Å². The van der Waals surface area contributed by atoms with Gasteiger partial charge in [0.05, 0.1) is 29.6 Å². The normalized spacial score (nSPS) is 19.3. The van der Waals surface area contributed by atoms with Crippen molar-refractivity contribution in [1.82, 2.24) is 9.88 Å². The van der Waals surface area contributed by atoms with Gasteiger partial charge in [0.15, 0.2) is 0 Å². The second kappa shape index (κ2) is 10.3. The molecule has 3 heterocycles. The van der Waals surface area contributed by atoms with Crippen molar-refractivity contribution in [2.45, 2.75) is 31.7 Å². The molecule has 12 heteroatoms. The van der Waals surface area contributed by atoms with Gasteiger partial charge in [0.2, 0.25) is 11.7 Å². The number of amides is 3. The van der Waals surface area contributed by atoms with Crippen molar-refractivity contribution in [3.05, 3.63) is 52.9 Å². The molecule has 198 valence electrons. The molecule has 0 bridgehead atoms. The van der Waals surface area contributed by atoms with Crippen LogP contribution in [-0.2, 0) is 14.3 Å². The average molecular weight is 541 g/mol.